The van der Waals surface area contributed by atoms with Crippen molar-refractivity contribution in [1.29, 1.82) is 5.26 Å². The van der Waals surface area contributed by atoms with E-state index in [1.54, 1.807) is 13.0 Å². The summed E-state index contributed by atoms with van der Waals surface area (Å²) in [5.41, 5.74) is 4.71. The molecule has 3 nitrogen and oxygen atoms in total. The van der Waals surface area contributed by atoms with E-state index in [2.05, 4.69) is 16.8 Å². The molecule has 0 aliphatic heterocycles. The lowest BCUT2D eigenvalue weighted by Crippen LogP contribution is -2.20. The molecule has 0 bridgehead atoms. The highest BCUT2D eigenvalue weighted by Gasteiger charge is 2.24. The predicted octanol–water partition coefficient (Wildman–Crippen LogP) is 6.07. The van der Waals surface area contributed by atoms with Gasteiger partial charge in [-0.3, -0.25) is 0 Å². The van der Waals surface area contributed by atoms with Gasteiger partial charge in [0.1, 0.15) is 5.82 Å². The number of benzene rings is 2. The summed E-state index contributed by atoms with van der Waals surface area (Å²) in [6.45, 7) is 3.61. The average Bonchev–Trinajstić information content (AvgIpc) is 3.04. The van der Waals surface area contributed by atoms with Crippen LogP contribution in [0.3, 0.4) is 0 Å². The molecule has 0 unspecified atom stereocenters. The molecule has 0 spiro atoms. The minimum absolute atomic E-state index is 0.223. The summed E-state index contributed by atoms with van der Waals surface area (Å²) in [5.74, 6) is -0.327. The Hall–Kier alpha value is -2.35. The lowest BCUT2D eigenvalue weighted by Gasteiger charge is -2.27. The molecule has 1 aliphatic rings. The van der Waals surface area contributed by atoms with Crippen LogP contribution in [-0.2, 0) is 0 Å². The fraction of sp³-hybridized carbons (Fsp3) is 0.348. The molecule has 144 valence electrons. The van der Waals surface area contributed by atoms with Crippen LogP contribution >= 0.6 is 11.6 Å². The molecule has 1 aliphatic carbocycles. The van der Waals surface area contributed by atoms with E-state index in [0.717, 1.165) is 53.3 Å². The highest BCUT2D eigenvalue weighted by atomic mass is 35.5. The number of hydrogen-bond acceptors (Lipinski definition) is 2. The summed E-state index contributed by atoms with van der Waals surface area (Å²) in [5, 5.41) is 20.7. The minimum atomic E-state index is -0.327. The number of fused-ring (bicyclic) bond motifs is 1. The first-order valence-electron chi connectivity index (χ1n) is 9.59. The second-order valence-corrected chi connectivity index (χ2v) is 8.12. The molecule has 0 amide bonds. The van der Waals surface area contributed by atoms with Gasteiger partial charge in [-0.05, 0) is 69.4 Å². The number of aromatic nitrogens is 1. The third-order valence-corrected chi connectivity index (χ3v) is 6.46. The summed E-state index contributed by atoms with van der Waals surface area (Å²) in [4.78, 5) is 0. The average molecular weight is 397 g/mol. The molecular formula is C23H22ClFN2O. The molecule has 5 heteroatoms. The molecule has 1 heterocycles. The van der Waals surface area contributed by atoms with Crippen molar-refractivity contribution in [2.24, 2.45) is 0 Å². The van der Waals surface area contributed by atoms with Crippen LogP contribution in [0, 0.1) is 31.0 Å². The molecule has 1 saturated carbocycles. The van der Waals surface area contributed by atoms with Gasteiger partial charge in [-0.15, -0.1) is 0 Å². The number of nitriles is 1. The molecule has 2 aromatic carbocycles. The Balaban J connectivity index is 1.96. The fourth-order valence-corrected chi connectivity index (χ4v) is 4.50. The van der Waals surface area contributed by atoms with Crippen molar-refractivity contribution in [2.45, 2.75) is 51.7 Å². The third-order valence-electron chi connectivity index (χ3n) is 5.97. The third kappa shape index (κ3) is 3.09. The zero-order valence-corrected chi connectivity index (χ0v) is 16.7. The van der Waals surface area contributed by atoms with Crippen molar-refractivity contribution in [3.63, 3.8) is 0 Å². The quantitative estimate of drug-likeness (QED) is 0.571. The summed E-state index contributed by atoms with van der Waals surface area (Å²) in [6, 6.07) is 9.65. The summed E-state index contributed by atoms with van der Waals surface area (Å²) in [7, 11) is 0. The van der Waals surface area contributed by atoms with Gasteiger partial charge in [0.2, 0.25) is 0 Å². The topological polar surface area (TPSA) is 49.0 Å². The molecule has 28 heavy (non-hydrogen) atoms. The molecule has 4 rings (SSSR count). The maximum Gasteiger partial charge on any atom is 0.127 e. The number of hydrogen-bond donors (Lipinski definition) is 1. The van der Waals surface area contributed by atoms with Crippen molar-refractivity contribution in [1.82, 2.24) is 4.57 Å². The molecule has 1 aromatic heterocycles. The van der Waals surface area contributed by atoms with E-state index in [-0.39, 0.29) is 18.0 Å². The second kappa shape index (κ2) is 7.24. The molecule has 1 N–H and O–H groups in total. The van der Waals surface area contributed by atoms with Crippen LogP contribution in [0.25, 0.3) is 22.0 Å². The van der Waals surface area contributed by atoms with Gasteiger partial charge < -0.3 is 9.67 Å². The normalized spacial score (nSPS) is 19.7. The summed E-state index contributed by atoms with van der Waals surface area (Å²) >= 11 is 6.51. The van der Waals surface area contributed by atoms with Crippen LogP contribution < -0.4 is 0 Å². The van der Waals surface area contributed by atoms with Crippen molar-refractivity contribution in [3.05, 3.63) is 58.0 Å². The summed E-state index contributed by atoms with van der Waals surface area (Å²) < 4.78 is 16.2. The first-order valence-corrected chi connectivity index (χ1v) is 9.96. The lowest BCUT2D eigenvalue weighted by molar-refractivity contribution is 0.111. The Morgan fingerprint density at radius 3 is 2.54 bits per heavy atom. The zero-order chi connectivity index (χ0) is 20.0. The highest BCUT2D eigenvalue weighted by molar-refractivity contribution is 6.34. The molecule has 0 saturated heterocycles. The minimum Gasteiger partial charge on any atom is -0.393 e. The van der Waals surface area contributed by atoms with Crippen LogP contribution in [0.15, 0.2) is 30.5 Å². The molecule has 0 radical (unpaired) electrons. The van der Waals surface area contributed by atoms with Crippen LogP contribution in [0.5, 0.6) is 0 Å². The van der Waals surface area contributed by atoms with Crippen LogP contribution in [0.1, 0.15) is 48.4 Å². The van der Waals surface area contributed by atoms with Gasteiger partial charge in [0, 0.05) is 39.8 Å². The lowest BCUT2D eigenvalue weighted by atomic mass is 9.93. The fourth-order valence-electron chi connectivity index (χ4n) is 4.24. The standard InChI is InChI=1S/C23H22ClFN2O/c1-13-9-22-19(10-15(13)11-26)20(18-7-8-21(25)14(2)23(18)24)12-27(22)16-3-5-17(28)6-4-16/h7-10,12,16-17,28H,3-6H2,1-2H3. The van der Waals surface area contributed by atoms with Gasteiger partial charge in [-0.1, -0.05) is 11.6 Å². The molecule has 0 atom stereocenters. The monoisotopic (exact) mass is 396 g/mol. The Bertz CT molecular complexity index is 1100. The number of aryl methyl sites for hydroxylation is 1. The van der Waals surface area contributed by atoms with E-state index in [4.69, 9.17) is 11.6 Å². The number of aliphatic hydroxyl groups is 1. The van der Waals surface area contributed by atoms with E-state index in [0.29, 0.717) is 16.1 Å². The smallest absolute Gasteiger partial charge is 0.127 e. The Morgan fingerprint density at radius 2 is 1.86 bits per heavy atom. The zero-order valence-electron chi connectivity index (χ0n) is 16.0. The Kier molecular flexibility index (Phi) is 4.91. The van der Waals surface area contributed by atoms with Crippen molar-refractivity contribution >= 4 is 22.5 Å². The van der Waals surface area contributed by atoms with Crippen LogP contribution in [0.2, 0.25) is 5.02 Å². The van der Waals surface area contributed by atoms with Crippen molar-refractivity contribution in [3.8, 4) is 17.2 Å². The number of nitrogens with zero attached hydrogens (tertiary/aromatic N) is 2. The van der Waals surface area contributed by atoms with Gasteiger partial charge in [0.05, 0.1) is 22.8 Å². The predicted molar refractivity (Wildman–Crippen MR) is 110 cm³/mol. The van der Waals surface area contributed by atoms with E-state index >= 15 is 0 Å². The van der Waals surface area contributed by atoms with Gasteiger partial charge in [0.25, 0.3) is 0 Å². The van der Waals surface area contributed by atoms with Gasteiger partial charge in [-0.2, -0.15) is 5.26 Å². The molecule has 1 fully saturated rings. The Labute approximate surface area is 169 Å². The Morgan fingerprint density at radius 1 is 1.14 bits per heavy atom. The first kappa shape index (κ1) is 19.0. The second-order valence-electron chi connectivity index (χ2n) is 7.74. The van der Waals surface area contributed by atoms with E-state index in [1.165, 1.54) is 6.07 Å². The molecule has 3 aromatic rings. The highest BCUT2D eigenvalue weighted by Crippen LogP contribution is 2.41. The number of rotatable bonds is 2. The number of halogens is 2. The van der Waals surface area contributed by atoms with Crippen LogP contribution in [-0.4, -0.2) is 15.8 Å². The SMILES string of the molecule is Cc1cc2c(cc1C#N)c(-c1ccc(F)c(C)c1Cl)cn2C1CCC(O)CC1. The van der Waals surface area contributed by atoms with Gasteiger partial charge >= 0.3 is 0 Å². The van der Waals surface area contributed by atoms with Gasteiger partial charge in [0.15, 0.2) is 0 Å². The van der Waals surface area contributed by atoms with Crippen LogP contribution in [0.4, 0.5) is 4.39 Å². The summed E-state index contributed by atoms with van der Waals surface area (Å²) in [6.07, 6.45) is 5.22. The van der Waals surface area contributed by atoms with Gasteiger partial charge in [-0.25, -0.2) is 4.39 Å². The maximum atomic E-state index is 13.9. The number of aliphatic hydroxyl groups excluding tert-OH is 1. The van der Waals surface area contributed by atoms with E-state index < -0.39 is 0 Å². The first-order chi connectivity index (χ1) is 13.4. The maximum absolute atomic E-state index is 13.9. The van der Waals surface area contributed by atoms with Crippen molar-refractivity contribution < 1.29 is 9.50 Å². The largest absolute Gasteiger partial charge is 0.393 e. The van der Waals surface area contributed by atoms with E-state index in [9.17, 15) is 14.8 Å². The van der Waals surface area contributed by atoms with E-state index in [1.807, 2.05) is 19.1 Å². The van der Waals surface area contributed by atoms with Crippen molar-refractivity contribution in [2.75, 3.05) is 0 Å². The molecular weight excluding hydrogens is 375 g/mol.